The van der Waals surface area contributed by atoms with Gasteiger partial charge in [0.1, 0.15) is 34.0 Å². The molecule has 2 aromatic carbocycles. The van der Waals surface area contributed by atoms with Crippen LogP contribution in [0.2, 0.25) is 0 Å². The van der Waals surface area contributed by atoms with Crippen LogP contribution in [0.25, 0.3) is 33.4 Å². The standard InChI is InChI=1S/C41H50BFN6O7S.2C2H6/c1-11-14-48(35(50)34(22(2)3)47-38(51)53-10)21-32-44-19-27(46-32)23-16-26(43)33-29-17-24-15-25(42-55-40(6,7)41(8,9)56-42)12-13-28(24)49(29)36(54-30(33)18-23)31-20-45-37(57-31)39(4,5)52;2*1-2/h12-13,15-20,22,34,36,52H,11,14,21H2,1-10H3,(H,44,46)(H,47,51);2*1-2H3/t34-,36?;;/m0../s1. The molecule has 0 radical (unpaired) electrons. The van der Waals surface area contributed by atoms with E-state index in [-0.39, 0.29) is 18.4 Å². The number of benzene rings is 2. The molecule has 16 heteroatoms. The topological polar surface area (TPSA) is 153 Å². The summed E-state index contributed by atoms with van der Waals surface area (Å²) in [6, 6.07) is 10.3. The number of thiazole rings is 1. The molecule has 1 unspecified atom stereocenters. The van der Waals surface area contributed by atoms with E-state index in [0.717, 1.165) is 21.2 Å². The Bertz CT molecular complexity index is 2310. The van der Waals surface area contributed by atoms with E-state index >= 15 is 4.39 Å². The summed E-state index contributed by atoms with van der Waals surface area (Å²) in [7, 11) is 0.677. The fourth-order valence-corrected chi connectivity index (χ4v) is 8.09. The van der Waals surface area contributed by atoms with E-state index in [1.54, 1.807) is 37.2 Å². The van der Waals surface area contributed by atoms with Gasteiger partial charge in [0, 0.05) is 23.7 Å². The predicted molar refractivity (Wildman–Crippen MR) is 239 cm³/mol. The van der Waals surface area contributed by atoms with Crippen LogP contribution in [-0.4, -0.2) is 79.5 Å². The molecule has 3 aromatic heterocycles. The molecule has 3 N–H and O–H groups in total. The minimum atomic E-state index is -1.17. The first-order chi connectivity index (χ1) is 28.8. The quantitative estimate of drug-likeness (QED) is 0.111. The second kappa shape index (κ2) is 18.7. The van der Waals surface area contributed by atoms with Crippen LogP contribution in [0.1, 0.15) is 118 Å². The summed E-state index contributed by atoms with van der Waals surface area (Å²) in [4.78, 5) is 40.4. The van der Waals surface area contributed by atoms with Crippen LogP contribution < -0.4 is 15.5 Å². The van der Waals surface area contributed by atoms with Crippen LogP contribution in [0.3, 0.4) is 0 Å². The van der Waals surface area contributed by atoms with E-state index in [2.05, 4.69) is 20.3 Å². The van der Waals surface area contributed by atoms with Crippen molar-refractivity contribution >= 4 is 46.8 Å². The van der Waals surface area contributed by atoms with Crippen molar-refractivity contribution in [2.24, 2.45) is 5.92 Å². The van der Waals surface area contributed by atoms with Gasteiger partial charge in [0.15, 0.2) is 0 Å². The Morgan fingerprint density at radius 1 is 1.07 bits per heavy atom. The summed E-state index contributed by atoms with van der Waals surface area (Å²) in [6.45, 7) is 25.7. The number of hydrogen-bond acceptors (Lipinski definition) is 10. The van der Waals surface area contributed by atoms with Gasteiger partial charge in [0.05, 0.1) is 58.4 Å². The Kier molecular flexibility index (Phi) is 14.5. The van der Waals surface area contributed by atoms with E-state index in [0.29, 0.717) is 52.1 Å². The number of fused-ring (bicyclic) bond motifs is 5. The fourth-order valence-electron chi connectivity index (χ4n) is 7.15. The smallest absolute Gasteiger partial charge is 0.464 e. The zero-order valence-electron chi connectivity index (χ0n) is 38.0. The molecule has 0 spiro atoms. The molecule has 2 aliphatic heterocycles. The van der Waals surface area contributed by atoms with Gasteiger partial charge in [-0.25, -0.2) is 19.2 Å². The summed E-state index contributed by atoms with van der Waals surface area (Å²) < 4.78 is 42.8. The monoisotopic (exact) mass is 860 g/mol. The molecule has 330 valence electrons. The Labute approximate surface area is 363 Å². The number of H-pyrrole nitrogens is 1. The first-order valence-electron chi connectivity index (χ1n) is 21.2. The van der Waals surface area contributed by atoms with Crippen LogP contribution in [0, 0.1) is 11.7 Å². The van der Waals surface area contributed by atoms with Crippen LogP contribution in [0.15, 0.2) is 48.8 Å². The number of methoxy groups -OCH3 is 1. The number of aliphatic hydroxyl groups is 1. The lowest BCUT2D eigenvalue weighted by Gasteiger charge is -2.32. The number of nitrogens with one attached hydrogen (secondary N) is 2. The molecular weight excluding hydrogens is 798 g/mol. The van der Waals surface area contributed by atoms with Crippen molar-refractivity contribution < 1.29 is 37.9 Å². The van der Waals surface area contributed by atoms with E-state index < -0.39 is 48.1 Å². The van der Waals surface area contributed by atoms with Gasteiger partial charge in [-0.15, -0.1) is 11.3 Å². The normalized spacial score (nSPS) is 16.7. The molecule has 2 amide bonds. The maximum absolute atomic E-state index is 16.6. The number of carbonyl (C=O) groups excluding carboxylic acids is 2. The number of ether oxygens (including phenoxy) is 2. The van der Waals surface area contributed by atoms with Crippen molar-refractivity contribution in [3.8, 4) is 28.3 Å². The number of amides is 2. The van der Waals surface area contributed by atoms with Crippen molar-refractivity contribution in [1.82, 2.24) is 29.7 Å². The van der Waals surface area contributed by atoms with Crippen LogP contribution >= 0.6 is 11.3 Å². The van der Waals surface area contributed by atoms with Gasteiger partial charge in [0.2, 0.25) is 12.1 Å². The molecule has 2 atom stereocenters. The van der Waals surface area contributed by atoms with Crippen LogP contribution in [0.4, 0.5) is 9.18 Å². The van der Waals surface area contributed by atoms with Gasteiger partial charge in [-0.1, -0.05) is 60.6 Å². The molecule has 5 heterocycles. The van der Waals surface area contributed by atoms with E-state index in [1.807, 2.05) is 105 Å². The van der Waals surface area contributed by atoms with Gasteiger partial charge >= 0.3 is 13.2 Å². The Balaban J connectivity index is 0.00000171. The fraction of sp³-hybridized carbons (Fsp3) is 0.511. The lowest BCUT2D eigenvalue weighted by atomic mass is 9.78. The first kappa shape index (κ1) is 47.3. The number of rotatable bonds is 11. The van der Waals surface area contributed by atoms with Gasteiger partial charge < -0.3 is 39.1 Å². The van der Waals surface area contributed by atoms with E-state index in [1.165, 1.54) is 24.5 Å². The highest BCUT2D eigenvalue weighted by molar-refractivity contribution is 7.11. The number of nitrogens with zero attached hydrogens (tertiary/aromatic N) is 4. The van der Waals surface area contributed by atoms with Crippen molar-refractivity contribution in [1.29, 1.82) is 0 Å². The number of carbonyl (C=O) groups is 2. The number of halogens is 1. The maximum Gasteiger partial charge on any atom is 0.494 e. The largest absolute Gasteiger partial charge is 0.494 e. The molecule has 0 aliphatic carbocycles. The van der Waals surface area contributed by atoms with Crippen molar-refractivity contribution in [3.63, 3.8) is 0 Å². The maximum atomic E-state index is 16.6. The molecule has 0 bridgehead atoms. The molecular formula is C45H62BFN6O7S. The molecule has 1 saturated heterocycles. The molecule has 5 aromatic rings. The third-order valence-corrected chi connectivity index (χ3v) is 12.3. The SMILES string of the molecule is CC.CC.CCCN(Cc1ncc(-c2cc(F)c3c(c2)OC(c2cnc(C(C)(C)O)s2)n2c-3cc3cc(B4OC(C)(C)C(C)(C)O4)ccc32)[nH]1)C(=O)[C@@H](NC(=O)OC)C(C)C. The minimum Gasteiger partial charge on any atom is -0.464 e. The third-order valence-electron chi connectivity index (χ3n) is 10.9. The lowest BCUT2D eigenvalue weighted by molar-refractivity contribution is -0.135. The van der Waals surface area contributed by atoms with E-state index in [4.69, 9.17) is 18.8 Å². The van der Waals surface area contributed by atoms with Crippen molar-refractivity contribution in [2.45, 2.75) is 132 Å². The van der Waals surface area contributed by atoms with Gasteiger partial charge in [-0.3, -0.25) is 9.36 Å². The molecule has 7 rings (SSSR count). The minimum absolute atomic E-state index is 0.147. The number of aromatic amines is 1. The number of aromatic nitrogens is 4. The van der Waals surface area contributed by atoms with Crippen molar-refractivity contribution in [2.75, 3.05) is 13.7 Å². The zero-order valence-corrected chi connectivity index (χ0v) is 38.8. The van der Waals surface area contributed by atoms with Gasteiger partial charge in [-0.05, 0) is 83.6 Å². The Hall–Kier alpha value is -4.77. The van der Waals surface area contributed by atoms with Crippen LogP contribution in [0.5, 0.6) is 5.75 Å². The summed E-state index contributed by atoms with van der Waals surface area (Å²) in [5.41, 5.74) is 1.40. The molecule has 13 nitrogen and oxygen atoms in total. The number of imidazole rings is 1. The number of hydrogen-bond donors (Lipinski definition) is 3. The molecule has 0 saturated carbocycles. The predicted octanol–water partition coefficient (Wildman–Crippen LogP) is 8.93. The summed E-state index contributed by atoms with van der Waals surface area (Å²) in [5, 5.41) is 14.8. The highest BCUT2D eigenvalue weighted by Crippen LogP contribution is 2.48. The van der Waals surface area contributed by atoms with E-state index in [9.17, 15) is 14.7 Å². The van der Waals surface area contributed by atoms with Gasteiger partial charge in [-0.2, -0.15) is 0 Å². The average molecular weight is 861 g/mol. The van der Waals surface area contributed by atoms with Crippen LogP contribution in [-0.2, 0) is 31.0 Å². The average Bonchev–Trinajstić information content (AvgIpc) is 4.02. The number of alkyl carbamates (subject to hydrolysis) is 1. The third kappa shape index (κ3) is 9.52. The Morgan fingerprint density at radius 2 is 1.74 bits per heavy atom. The molecule has 61 heavy (non-hydrogen) atoms. The Morgan fingerprint density at radius 3 is 2.33 bits per heavy atom. The highest BCUT2D eigenvalue weighted by Gasteiger charge is 2.52. The lowest BCUT2D eigenvalue weighted by Crippen LogP contribution is -2.51. The highest BCUT2D eigenvalue weighted by atomic mass is 32.1. The summed E-state index contributed by atoms with van der Waals surface area (Å²) in [5.74, 6) is -0.129. The first-order valence-corrected chi connectivity index (χ1v) is 22.0. The summed E-state index contributed by atoms with van der Waals surface area (Å²) in [6.07, 6.45) is 2.57. The molecule has 1 fully saturated rings. The zero-order chi connectivity index (χ0) is 45.2. The summed E-state index contributed by atoms with van der Waals surface area (Å²) >= 11 is 1.33. The van der Waals surface area contributed by atoms with Gasteiger partial charge in [0.25, 0.3) is 0 Å². The second-order valence-electron chi connectivity index (χ2n) is 16.6. The second-order valence-corrected chi connectivity index (χ2v) is 17.7. The molecule has 2 aliphatic rings. The van der Waals surface area contributed by atoms with Crippen molar-refractivity contribution in [3.05, 3.63) is 70.3 Å².